The highest BCUT2D eigenvalue weighted by Gasteiger charge is 2.21. The number of nitrogens with one attached hydrogen (secondary N) is 1. The highest BCUT2D eigenvalue weighted by atomic mass is 79.9. The van der Waals surface area contributed by atoms with Gasteiger partial charge in [0.2, 0.25) is 0 Å². The molecule has 0 aliphatic carbocycles. The molecule has 8 heteroatoms. The van der Waals surface area contributed by atoms with Gasteiger partial charge in [-0.05, 0) is 65.2 Å². The summed E-state index contributed by atoms with van der Waals surface area (Å²) in [5.41, 5.74) is 7.07. The number of amides is 2. The molecular weight excluding hydrogens is 410 g/mol. The highest BCUT2D eigenvalue weighted by molar-refractivity contribution is 9.10. The molecule has 0 atom stereocenters. The molecule has 3 rings (SSSR count). The average molecular weight is 429 g/mol. The second-order valence-corrected chi connectivity index (χ2v) is 6.55. The minimum atomic E-state index is -0.343. The SMILES string of the molecule is Cl.NC1CCN(C(=O)c2ccc(NC(=O)c3ccc(Br)o3)cc2)CC1. The highest BCUT2D eigenvalue weighted by Crippen LogP contribution is 2.18. The number of likely N-dealkylation sites (tertiary alicyclic amines) is 1. The molecule has 25 heavy (non-hydrogen) atoms. The summed E-state index contributed by atoms with van der Waals surface area (Å²) < 4.78 is 5.70. The van der Waals surface area contributed by atoms with Crippen molar-refractivity contribution in [3.05, 3.63) is 52.4 Å². The summed E-state index contributed by atoms with van der Waals surface area (Å²) in [6.45, 7) is 1.37. The molecule has 3 N–H and O–H groups in total. The number of nitrogens with zero attached hydrogens (tertiary/aromatic N) is 1. The maximum atomic E-state index is 12.4. The van der Waals surface area contributed by atoms with E-state index in [1.807, 2.05) is 4.90 Å². The third-order valence-corrected chi connectivity index (χ3v) is 4.44. The molecule has 134 valence electrons. The van der Waals surface area contributed by atoms with Crippen LogP contribution in [0.1, 0.15) is 33.8 Å². The molecule has 1 aromatic heterocycles. The Balaban J connectivity index is 0.00000225. The lowest BCUT2D eigenvalue weighted by molar-refractivity contribution is 0.0714. The largest absolute Gasteiger partial charge is 0.444 e. The quantitative estimate of drug-likeness (QED) is 0.785. The Morgan fingerprint density at radius 2 is 1.76 bits per heavy atom. The number of piperidine rings is 1. The van der Waals surface area contributed by atoms with E-state index < -0.39 is 0 Å². The Morgan fingerprint density at radius 3 is 2.32 bits per heavy atom. The number of hydrogen-bond donors (Lipinski definition) is 2. The van der Waals surface area contributed by atoms with Crippen molar-refractivity contribution in [1.82, 2.24) is 4.90 Å². The van der Waals surface area contributed by atoms with Crippen LogP contribution >= 0.6 is 28.3 Å². The van der Waals surface area contributed by atoms with Gasteiger partial charge in [0, 0.05) is 30.4 Å². The maximum Gasteiger partial charge on any atom is 0.291 e. The van der Waals surface area contributed by atoms with E-state index in [4.69, 9.17) is 10.2 Å². The molecule has 1 aliphatic heterocycles. The van der Waals surface area contributed by atoms with E-state index in [0.717, 1.165) is 12.8 Å². The van der Waals surface area contributed by atoms with Crippen LogP contribution in [0.25, 0.3) is 0 Å². The Labute approximate surface area is 160 Å². The van der Waals surface area contributed by atoms with E-state index in [1.54, 1.807) is 36.4 Å². The van der Waals surface area contributed by atoms with Crippen LogP contribution < -0.4 is 11.1 Å². The first-order chi connectivity index (χ1) is 11.5. The number of hydrogen-bond acceptors (Lipinski definition) is 4. The van der Waals surface area contributed by atoms with Gasteiger partial charge >= 0.3 is 0 Å². The van der Waals surface area contributed by atoms with Crippen LogP contribution in [-0.4, -0.2) is 35.8 Å². The summed E-state index contributed by atoms with van der Waals surface area (Å²) in [6, 6.07) is 10.3. The van der Waals surface area contributed by atoms with Gasteiger partial charge < -0.3 is 20.4 Å². The number of furan rings is 1. The van der Waals surface area contributed by atoms with Gasteiger partial charge in [-0.2, -0.15) is 0 Å². The molecule has 0 radical (unpaired) electrons. The van der Waals surface area contributed by atoms with Crippen LogP contribution in [0.3, 0.4) is 0 Å². The topological polar surface area (TPSA) is 88.6 Å². The van der Waals surface area contributed by atoms with Crippen molar-refractivity contribution in [3.8, 4) is 0 Å². The Morgan fingerprint density at radius 1 is 1.12 bits per heavy atom. The molecule has 0 unspecified atom stereocenters. The Hall–Kier alpha value is -1.83. The molecule has 2 amide bonds. The fraction of sp³-hybridized carbons (Fsp3) is 0.294. The van der Waals surface area contributed by atoms with Crippen molar-refractivity contribution in [2.75, 3.05) is 18.4 Å². The summed E-state index contributed by atoms with van der Waals surface area (Å²) in [5.74, 6) is -0.133. The van der Waals surface area contributed by atoms with Crippen LogP contribution in [-0.2, 0) is 0 Å². The van der Waals surface area contributed by atoms with Gasteiger partial charge in [0.05, 0.1) is 0 Å². The van der Waals surface area contributed by atoms with E-state index in [2.05, 4.69) is 21.2 Å². The van der Waals surface area contributed by atoms with Gasteiger partial charge in [0.1, 0.15) is 0 Å². The zero-order valence-corrected chi connectivity index (χ0v) is 15.8. The summed E-state index contributed by atoms with van der Waals surface area (Å²) in [7, 11) is 0. The predicted molar refractivity (Wildman–Crippen MR) is 101 cm³/mol. The molecule has 1 aromatic carbocycles. The number of anilines is 1. The van der Waals surface area contributed by atoms with E-state index >= 15 is 0 Å². The smallest absolute Gasteiger partial charge is 0.291 e. The number of rotatable bonds is 3. The lowest BCUT2D eigenvalue weighted by atomic mass is 10.0. The van der Waals surface area contributed by atoms with Crippen LogP contribution in [0.5, 0.6) is 0 Å². The fourth-order valence-corrected chi connectivity index (χ4v) is 2.92. The van der Waals surface area contributed by atoms with E-state index in [-0.39, 0.29) is 36.0 Å². The minimum Gasteiger partial charge on any atom is -0.444 e. The van der Waals surface area contributed by atoms with Gasteiger partial charge in [-0.3, -0.25) is 9.59 Å². The third kappa shape index (κ3) is 4.84. The van der Waals surface area contributed by atoms with Crippen molar-refractivity contribution < 1.29 is 14.0 Å². The number of halogens is 2. The van der Waals surface area contributed by atoms with Crippen molar-refractivity contribution in [2.45, 2.75) is 18.9 Å². The first-order valence-corrected chi connectivity index (χ1v) is 8.54. The lowest BCUT2D eigenvalue weighted by Crippen LogP contribution is -2.42. The molecule has 0 saturated carbocycles. The normalized spacial score (nSPS) is 14.7. The van der Waals surface area contributed by atoms with Crippen LogP contribution in [0.15, 0.2) is 45.5 Å². The zero-order chi connectivity index (χ0) is 17.1. The molecule has 6 nitrogen and oxygen atoms in total. The van der Waals surface area contributed by atoms with Crippen LogP contribution in [0.2, 0.25) is 0 Å². The monoisotopic (exact) mass is 427 g/mol. The van der Waals surface area contributed by atoms with Gasteiger partial charge in [-0.1, -0.05) is 0 Å². The Bertz CT molecular complexity index is 740. The number of benzene rings is 1. The molecule has 2 heterocycles. The first kappa shape index (κ1) is 19.5. The molecule has 0 bridgehead atoms. The molecule has 1 saturated heterocycles. The lowest BCUT2D eigenvalue weighted by Gasteiger charge is -2.30. The molecule has 1 fully saturated rings. The van der Waals surface area contributed by atoms with Crippen molar-refractivity contribution in [3.63, 3.8) is 0 Å². The third-order valence-electron chi connectivity index (χ3n) is 4.01. The predicted octanol–water partition coefficient (Wildman–Crippen LogP) is 3.28. The second kappa shape index (κ2) is 8.51. The minimum absolute atomic E-state index is 0. The Kier molecular flexibility index (Phi) is 6.64. The molecule has 2 aromatic rings. The van der Waals surface area contributed by atoms with Gasteiger partial charge in [-0.25, -0.2) is 0 Å². The average Bonchev–Trinajstić information content (AvgIpc) is 3.02. The van der Waals surface area contributed by atoms with E-state index in [1.165, 1.54) is 0 Å². The van der Waals surface area contributed by atoms with E-state index in [9.17, 15) is 9.59 Å². The summed E-state index contributed by atoms with van der Waals surface area (Å²) in [5, 5.41) is 2.73. The summed E-state index contributed by atoms with van der Waals surface area (Å²) in [6.07, 6.45) is 1.66. The molecular formula is C17H19BrClN3O3. The zero-order valence-electron chi connectivity index (χ0n) is 13.4. The van der Waals surface area contributed by atoms with Crippen molar-refractivity contribution in [2.24, 2.45) is 5.73 Å². The first-order valence-electron chi connectivity index (χ1n) is 7.74. The number of nitrogens with two attached hydrogens (primary N) is 1. The molecule has 1 aliphatic rings. The van der Waals surface area contributed by atoms with Gasteiger partial charge in [0.15, 0.2) is 10.4 Å². The van der Waals surface area contributed by atoms with Gasteiger partial charge in [-0.15, -0.1) is 12.4 Å². The maximum absolute atomic E-state index is 12.4. The van der Waals surface area contributed by atoms with Gasteiger partial charge in [0.25, 0.3) is 11.8 Å². The van der Waals surface area contributed by atoms with Crippen molar-refractivity contribution in [1.29, 1.82) is 0 Å². The number of carbonyl (C=O) groups is 2. The summed E-state index contributed by atoms with van der Waals surface area (Å²) >= 11 is 3.16. The van der Waals surface area contributed by atoms with E-state index in [0.29, 0.717) is 29.0 Å². The van der Waals surface area contributed by atoms with Crippen LogP contribution in [0, 0.1) is 0 Å². The molecule has 0 spiro atoms. The second-order valence-electron chi connectivity index (χ2n) is 5.76. The summed E-state index contributed by atoms with van der Waals surface area (Å²) in [4.78, 5) is 26.3. The standard InChI is InChI=1S/C17H18BrN3O3.ClH/c18-15-6-5-14(24-15)16(22)20-13-3-1-11(2-4-13)17(23)21-9-7-12(19)8-10-21;/h1-6,12H,7-10,19H2,(H,20,22);1H. The fourth-order valence-electron chi connectivity index (χ4n) is 2.61. The number of carbonyl (C=O) groups excluding carboxylic acids is 2. The van der Waals surface area contributed by atoms with Crippen LogP contribution in [0.4, 0.5) is 5.69 Å². The van der Waals surface area contributed by atoms with Crippen molar-refractivity contribution >= 4 is 45.8 Å².